The maximum atomic E-state index is 12.8. The summed E-state index contributed by atoms with van der Waals surface area (Å²) in [5.74, 6) is 0. The van der Waals surface area contributed by atoms with Gasteiger partial charge in [0.05, 0.1) is 5.56 Å². The Bertz CT molecular complexity index is 394. The standard InChI is InChI=1S/C13H19F3N2/c1-12(2,3)11(8-17)18-10-7-5-4-6-9(10)13(14,15)16/h4-7,11,18H,8,17H2,1-3H3. The number of rotatable bonds is 3. The molecule has 2 nitrogen and oxygen atoms in total. The molecule has 0 spiro atoms. The largest absolute Gasteiger partial charge is 0.418 e. The lowest BCUT2D eigenvalue weighted by Crippen LogP contribution is -2.40. The zero-order valence-electron chi connectivity index (χ0n) is 10.8. The van der Waals surface area contributed by atoms with E-state index in [1.807, 2.05) is 20.8 Å². The van der Waals surface area contributed by atoms with Crippen LogP contribution in [0.2, 0.25) is 0 Å². The molecule has 0 aliphatic carbocycles. The smallest absolute Gasteiger partial charge is 0.380 e. The molecule has 0 aliphatic heterocycles. The minimum atomic E-state index is -4.36. The van der Waals surface area contributed by atoms with Gasteiger partial charge in [0.25, 0.3) is 0 Å². The fourth-order valence-corrected chi connectivity index (χ4v) is 1.67. The van der Waals surface area contributed by atoms with Gasteiger partial charge < -0.3 is 11.1 Å². The van der Waals surface area contributed by atoms with Crippen LogP contribution >= 0.6 is 0 Å². The predicted octanol–water partition coefficient (Wildman–Crippen LogP) is 3.49. The van der Waals surface area contributed by atoms with E-state index in [4.69, 9.17) is 5.73 Å². The SMILES string of the molecule is CC(C)(C)C(CN)Nc1ccccc1C(F)(F)F. The molecule has 0 heterocycles. The molecule has 102 valence electrons. The van der Waals surface area contributed by atoms with E-state index in [0.29, 0.717) is 0 Å². The van der Waals surface area contributed by atoms with Crippen LogP contribution in [0.15, 0.2) is 24.3 Å². The van der Waals surface area contributed by atoms with Crippen LogP contribution in [0.25, 0.3) is 0 Å². The summed E-state index contributed by atoms with van der Waals surface area (Å²) in [4.78, 5) is 0. The maximum absolute atomic E-state index is 12.8. The second-order valence-electron chi connectivity index (χ2n) is 5.34. The van der Waals surface area contributed by atoms with Crippen molar-refractivity contribution >= 4 is 5.69 Å². The van der Waals surface area contributed by atoms with Crippen LogP contribution in [-0.2, 0) is 6.18 Å². The summed E-state index contributed by atoms with van der Waals surface area (Å²) in [5.41, 5.74) is 4.83. The summed E-state index contributed by atoms with van der Waals surface area (Å²) >= 11 is 0. The first-order valence-electron chi connectivity index (χ1n) is 5.79. The summed E-state index contributed by atoms with van der Waals surface area (Å²) < 4.78 is 38.5. The molecule has 1 unspecified atom stereocenters. The lowest BCUT2D eigenvalue weighted by molar-refractivity contribution is -0.137. The lowest BCUT2D eigenvalue weighted by atomic mass is 9.86. The van der Waals surface area contributed by atoms with Gasteiger partial charge in [0.1, 0.15) is 0 Å². The van der Waals surface area contributed by atoms with E-state index in [2.05, 4.69) is 5.32 Å². The van der Waals surface area contributed by atoms with Gasteiger partial charge >= 0.3 is 6.18 Å². The van der Waals surface area contributed by atoms with E-state index in [-0.39, 0.29) is 23.7 Å². The average Bonchev–Trinajstić information content (AvgIpc) is 2.23. The zero-order valence-corrected chi connectivity index (χ0v) is 10.8. The zero-order chi connectivity index (χ0) is 14.0. The molecule has 0 radical (unpaired) electrons. The van der Waals surface area contributed by atoms with Crippen molar-refractivity contribution in [3.63, 3.8) is 0 Å². The number of anilines is 1. The number of alkyl halides is 3. The van der Waals surface area contributed by atoms with E-state index >= 15 is 0 Å². The maximum Gasteiger partial charge on any atom is 0.418 e. The number of halogens is 3. The van der Waals surface area contributed by atoms with E-state index < -0.39 is 11.7 Å². The van der Waals surface area contributed by atoms with Crippen molar-refractivity contribution < 1.29 is 13.2 Å². The van der Waals surface area contributed by atoms with Gasteiger partial charge in [-0.3, -0.25) is 0 Å². The van der Waals surface area contributed by atoms with Gasteiger partial charge in [-0.2, -0.15) is 13.2 Å². The Morgan fingerprint density at radius 3 is 2.17 bits per heavy atom. The fraction of sp³-hybridized carbons (Fsp3) is 0.538. The van der Waals surface area contributed by atoms with Crippen molar-refractivity contribution in [1.82, 2.24) is 0 Å². The van der Waals surface area contributed by atoms with Crippen molar-refractivity contribution in [3.05, 3.63) is 29.8 Å². The molecule has 1 aromatic carbocycles. The fourth-order valence-electron chi connectivity index (χ4n) is 1.67. The first kappa shape index (κ1) is 14.8. The van der Waals surface area contributed by atoms with Gasteiger partial charge in [-0.15, -0.1) is 0 Å². The summed E-state index contributed by atoms with van der Waals surface area (Å²) in [6.45, 7) is 6.09. The minimum Gasteiger partial charge on any atom is -0.380 e. The molecule has 3 N–H and O–H groups in total. The first-order valence-corrected chi connectivity index (χ1v) is 5.79. The summed E-state index contributed by atoms with van der Waals surface area (Å²) in [6, 6.07) is 5.23. The van der Waals surface area contributed by atoms with Crippen LogP contribution in [0.4, 0.5) is 18.9 Å². The summed E-state index contributed by atoms with van der Waals surface area (Å²) in [7, 11) is 0. The number of hydrogen-bond donors (Lipinski definition) is 2. The van der Waals surface area contributed by atoms with Gasteiger partial charge in [0.15, 0.2) is 0 Å². The molecule has 1 atom stereocenters. The van der Waals surface area contributed by atoms with Gasteiger partial charge in [0, 0.05) is 18.3 Å². The highest BCUT2D eigenvalue weighted by atomic mass is 19.4. The highest BCUT2D eigenvalue weighted by Crippen LogP contribution is 2.35. The highest BCUT2D eigenvalue weighted by molar-refractivity contribution is 5.53. The second kappa shape index (κ2) is 5.18. The van der Waals surface area contributed by atoms with Gasteiger partial charge in [-0.25, -0.2) is 0 Å². The Balaban J connectivity index is 3.04. The van der Waals surface area contributed by atoms with Crippen LogP contribution < -0.4 is 11.1 Å². The third-order valence-corrected chi connectivity index (χ3v) is 2.84. The van der Waals surface area contributed by atoms with Crippen molar-refractivity contribution in [3.8, 4) is 0 Å². The Morgan fingerprint density at radius 2 is 1.72 bits per heavy atom. The van der Waals surface area contributed by atoms with Crippen LogP contribution in [0.3, 0.4) is 0 Å². The average molecular weight is 260 g/mol. The molecule has 1 aromatic rings. The molecular weight excluding hydrogens is 241 g/mol. The van der Waals surface area contributed by atoms with Crippen LogP contribution in [-0.4, -0.2) is 12.6 Å². The highest BCUT2D eigenvalue weighted by Gasteiger charge is 2.34. The Kier molecular flexibility index (Phi) is 4.27. The summed E-state index contributed by atoms with van der Waals surface area (Å²) in [5, 5.41) is 2.90. The predicted molar refractivity (Wildman–Crippen MR) is 67.4 cm³/mol. The third-order valence-electron chi connectivity index (χ3n) is 2.84. The van der Waals surface area contributed by atoms with Crippen molar-refractivity contribution in [2.75, 3.05) is 11.9 Å². The van der Waals surface area contributed by atoms with Crippen LogP contribution in [0, 0.1) is 5.41 Å². The van der Waals surface area contributed by atoms with E-state index in [1.165, 1.54) is 12.1 Å². The molecule has 0 saturated heterocycles. The van der Waals surface area contributed by atoms with Gasteiger partial charge in [0.2, 0.25) is 0 Å². The Labute approximate surface area is 105 Å². The number of benzene rings is 1. The minimum absolute atomic E-state index is 0.0791. The number of nitrogens with two attached hydrogens (primary N) is 1. The molecule has 18 heavy (non-hydrogen) atoms. The third kappa shape index (κ3) is 3.63. The topological polar surface area (TPSA) is 38.0 Å². The van der Waals surface area contributed by atoms with Gasteiger partial charge in [-0.05, 0) is 17.5 Å². The molecule has 0 aromatic heterocycles. The Hall–Kier alpha value is -1.23. The summed E-state index contributed by atoms with van der Waals surface area (Å²) in [6.07, 6.45) is -4.36. The molecule has 1 rings (SSSR count). The molecule has 5 heteroatoms. The molecule has 0 saturated carbocycles. The number of para-hydroxylation sites is 1. The van der Waals surface area contributed by atoms with E-state index in [9.17, 15) is 13.2 Å². The van der Waals surface area contributed by atoms with Crippen molar-refractivity contribution in [1.29, 1.82) is 0 Å². The Morgan fingerprint density at radius 1 is 1.17 bits per heavy atom. The molecule has 0 aliphatic rings. The monoisotopic (exact) mass is 260 g/mol. The molecular formula is C13H19F3N2. The lowest BCUT2D eigenvalue weighted by Gasteiger charge is -2.32. The normalized spacial score (nSPS) is 14.4. The van der Waals surface area contributed by atoms with Crippen LogP contribution in [0.1, 0.15) is 26.3 Å². The van der Waals surface area contributed by atoms with E-state index in [0.717, 1.165) is 6.07 Å². The molecule has 0 bridgehead atoms. The second-order valence-corrected chi connectivity index (χ2v) is 5.34. The number of hydrogen-bond acceptors (Lipinski definition) is 2. The first-order chi connectivity index (χ1) is 8.16. The number of nitrogens with one attached hydrogen (secondary N) is 1. The molecule has 0 amide bonds. The van der Waals surface area contributed by atoms with Crippen LogP contribution in [0.5, 0.6) is 0 Å². The van der Waals surface area contributed by atoms with Crippen molar-refractivity contribution in [2.45, 2.75) is 33.0 Å². The molecule has 0 fully saturated rings. The quantitative estimate of drug-likeness (QED) is 0.873. The van der Waals surface area contributed by atoms with E-state index in [1.54, 1.807) is 6.07 Å². The van der Waals surface area contributed by atoms with Gasteiger partial charge in [-0.1, -0.05) is 32.9 Å². The van der Waals surface area contributed by atoms with Crippen molar-refractivity contribution in [2.24, 2.45) is 11.1 Å².